The van der Waals surface area contributed by atoms with Gasteiger partial charge in [-0.1, -0.05) is 11.6 Å². The highest BCUT2D eigenvalue weighted by molar-refractivity contribution is 6.31. The highest BCUT2D eigenvalue weighted by Crippen LogP contribution is 2.22. The van der Waals surface area contributed by atoms with Crippen LogP contribution >= 0.6 is 11.6 Å². The normalized spacial score (nSPS) is 18.8. The maximum Gasteiger partial charge on any atom is 0.194 e. The van der Waals surface area contributed by atoms with Gasteiger partial charge in [-0.15, -0.1) is 0 Å². The van der Waals surface area contributed by atoms with Gasteiger partial charge in [0.05, 0.1) is 6.10 Å². The molecular weight excluding hydrogens is 312 g/mol. The van der Waals surface area contributed by atoms with Crippen LogP contribution in [0.4, 0.5) is 0 Å². The Labute approximate surface area is 141 Å². The minimum Gasteiger partial charge on any atom is -0.391 e. The van der Waals surface area contributed by atoms with E-state index in [0.29, 0.717) is 13.1 Å². The minimum atomic E-state index is -0.241. The number of likely N-dealkylation sites (tertiary alicyclic amines) is 1. The molecule has 1 aliphatic rings. The lowest BCUT2D eigenvalue weighted by molar-refractivity contribution is 0.188. The van der Waals surface area contributed by atoms with Crippen LogP contribution in [-0.4, -0.2) is 53.2 Å². The van der Waals surface area contributed by atoms with Gasteiger partial charge in [0.2, 0.25) is 0 Å². The first-order valence-electron chi connectivity index (χ1n) is 8.14. The van der Waals surface area contributed by atoms with Crippen molar-refractivity contribution < 1.29 is 5.11 Å². The van der Waals surface area contributed by atoms with E-state index in [2.05, 4.69) is 22.1 Å². The molecular formula is C17H23ClN4O. The second kappa shape index (κ2) is 7.23. The highest BCUT2D eigenvalue weighted by Gasteiger charge is 2.22. The second-order valence-corrected chi connectivity index (χ2v) is 6.31. The number of H-pyrrole nitrogens is 1. The SMILES string of the molecule is CCNC(=NCCc1c[nH]c2ccc(Cl)cc12)N1CC[C@@H](O)C1. The number of nitrogens with one attached hydrogen (secondary N) is 2. The summed E-state index contributed by atoms with van der Waals surface area (Å²) in [6, 6.07) is 5.89. The molecule has 1 aromatic heterocycles. The molecule has 0 spiro atoms. The number of aliphatic hydroxyl groups is 1. The van der Waals surface area contributed by atoms with Gasteiger partial charge in [-0.2, -0.15) is 0 Å². The molecule has 1 fully saturated rings. The fourth-order valence-electron chi connectivity index (χ4n) is 3.00. The van der Waals surface area contributed by atoms with E-state index >= 15 is 0 Å². The third-order valence-electron chi connectivity index (χ3n) is 4.17. The number of aliphatic hydroxyl groups excluding tert-OH is 1. The second-order valence-electron chi connectivity index (χ2n) is 5.88. The monoisotopic (exact) mass is 334 g/mol. The summed E-state index contributed by atoms with van der Waals surface area (Å²) in [7, 11) is 0. The quantitative estimate of drug-likeness (QED) is 0.594. The number of benzene rings is 1. The van der Waals surface area contributed by atoms with E-state index in [-0.39, 0.29) is 6.10 Å². The van der Waals surface area contributed by atoms with Crippen LogP contribution in [-0.2, 0) is 6.42 Å². The lowest BCUT2D eigenvalue weighted by Crippen LogP contribution is -2.40. The van der Waals surface area contributed by atoms with Crippen LogP contribution in [0, 0.1) is 0 Å². The fraction of sp³-hybridized carbons (Fsp3) is 0.471. The zero-order chi connectivity index (χ0) is 16.2. The third kappa shape index (κ3) is 3.79. The first-order valence-corrected chi connectivity index (χ1v) is 8.52. The van der Waals surface area contributed by atoms with Crippen molar-refractivity contribution in [2.45, 2.75) is 25.9 Å². The number of fused-ring (bicyclic) bond motifs is 1. The lowest BCUT2D eigenvalue weighted by Gasteiger charge is -2.20. The molecule has 6 heteroatoms. The minimum absolute atomic E-state index is 0.241. The highest BCUT2D eigenvalue weighted by atomic mass is 35.5. The van der Waals surface area contributed by atoms with E-state index in [4.69, 9.17) is 16.6 Å². The molecule has 0 bridgehead atoms. The van der Waals surface area contributed by atoms with E-state index in [1.807, 2.05) is 24.4 Å². The molecule has 1 atom stereocenters. The molecule has 1 saturated heterocycles. The van der Waals surface area contributed by atoms with Gasteiger partial charge in [0, 0.05) is 48.3 Å². The van der Waals surface area contributed by atoms with E-state index in [1.54, 1.807) is 0 Å². The van der Waals surface area contributed by atoms with Crippen molar-refractivity contribution in [2.24, 2.45) is 4.99 Å². The Kier molecular flexibility index (Phi) is 5.08. The number of aromatic nitrogens is 1. The number of β-amino-alcohol motifs (C(OH)–C–C–N with tert-alkyl or cyclic N) is 1. The fourth-order valence-corrected chi connectivity index (χ4v) is 3.17. The van der Waals surface area contributed by atoms with Crippen LogP contribution < -0.4 is 5.32 Å². The summed E-state index contributed by atoms with van der Waals surface area (Å²) in [5, 5.41) is 14.9. The predicted octanol–water partition coefficient (Wildman–Crippen LogP) is 2.40. The Balaban J connectivity index is 1.68. The van der Waals surface area contributed by atoms with Crippen LogP contribution in [0.2, 0.25) is 5.02 Å². The van der Waals surface area contributed by atoms with Gasteiger partial charge in [-0.25, -0.2) is 0 Å². The molecule has 2 aromatic rings. The summed E-state index contributed by atoms with van der Waals surface area (Å²) in [5.41, 5.74) is 2.33. The van der Waals surface area contributed by atoms with Crippen molar-refractivity contribution in [3.63, 3.8) is 0 Å². The van der Waals surface area contributed by atoms with E-state index in [9.17, 15) is 5.11 Å². The summed E-state index contributed by atoms with van der Waals surface area (Å²) in [6.45, 7) is 5.11. The molecule has 3 rings (SSSR count). The van der Waals surface area contributed by atoms with Crippen molar-refractivity contribution in [1.82, 2.24) is 15.2 Å². The molecule has 5 nitrogen and oxygen atoms in total. The maximum atomic E-state index is 9.70. The topological polar surface area (TPSA) is 63.7 Å². The van der Waals surface area contributed by atoms with E-state index in [0.717, 1.165) is 47.8 Å². The number of hydrogen-bond donors (Lipinski definition) is 3. The molecule has 2 heterocycles. The molecule has 0 radical (unpaired) electrons. The molecule has 0 unspecified atom stereocenters. The first kappa shape index (κ1) is 16.1. The van der Waals surface area contributed by atoms with Gasteiger partial charge in [0.1, 0.15) is 0 Å². The summed E-state index contributed by atoms with van der Waals surface area (Å²) in [5.74, 6) is 0.891. The van der Waals surface area contributed by atoms with Crippen LogP contribution in [0.3, 0.4) is 0 Å². The van der Waals surface area contributed by atoms with Crippen molar-refractivity contribution in [2.75, 3.05) is 26.2 Å². The smallest absolute Gasteiger partial charge is 0.194 e. The summed E-state index contributed by atoms with van der Waals surface area (Å²) >= 11 is 6.09. The molecule has 124 valence electrons. The Hall–Kier alpha value is -1.72. The average molecular weight is 335 g/mol. The third-order valence-corrected chi connectivity index (χ3v) is 4.41. The first-order chi connectivity index (χ1) is 11.2. The summed E-state index contributed by atoms with van der Waals surface area (Å²) < 4.78 is 0. The maximum absolute atomic E-state index is 9.70. The predicted molar refractivity (Wildman–Crippen MR) is 95.2 cm³/mol. The number of aliphatic imine (C=N–C) groups is 1. The lowest BCUT2D eigenvalue weighted by atomic mass is 10.1. The van der Waals surface area contributed by atoms with Crippen LogP contribution in [0.25, 0.3) is 10.9 Å². The molecule has 23 heavy (non-hydrogen) atoms. The van der Waals surface area contributed by atoms with Crippen molar-refractivity contribution in [3.05, 3.63) is 35.0 Å². The Morgan fingerprint density at radius 3 is 3.13 bits per heavy atom. The number of guanidine groups is 1. The average Bonchev–Trinajstić information content (AvgIpc) is 3.13. The van der Waals surface area contributed by atoms with Gasteiger partial charge >= 0.3 is 0 Å². The van der Waals surface area contributed by atoms with Crippen molar-refractivity contribution in [3.8, 4) is 0 Å². The molecule has 1 aliphatic heterocycles. The van der Waals surface area contributed by atoms with Crippen LogP contribution in [0.15, 0.2) is 29.4 Å². The van der Waals surface area contributed by atoms with Gasteiger partial charge in [0.15, 0.2) is 5.96 Å². The molecule has 3 N–H and O–H groups in total. The van der Waals surface area contributed by atoms with Crippen molar-refractivity contribution >= 4 is 28.5 Å². The van der Waals surface area contributed by atoms with Gasteiger partial charge in [-0.05, 0) is 43.5 Å². The van der Waals surface area contributed by atoms with Crippen LogP contribution in [0.5, 0.6) is 0 Å². The van der Waals surface area contributed by atoms with Crippen LogP contribution in [0.1, 0.15) is 18.9 Å². The number of halogens is 1. The molecule has 0 aliphatic carbocycles. The Morgan fingerprint density at radius 1 is 1.52 bits per heavy atom. The summed E-state index contributed by atoms with van der Waals surface area (Å²) in [6.07, 6.45) is 3.45. The summed E-state index contributed by atoms with van der Waals surface area (Å²) in [4.78, 5) is 10.1. The molecule has 0 saturated carbocycles. The number of aromatic amines is 1. The number of hydrogen-bond acceptors (Lipinski definition) is 2. The van der Waals surface area contributed by atoms with E-state index in [1.165, 1.54) is 5.56 Å². The van der Waals surface area contributed by atoms with Gasteiger partial charge < -0.3 is 20.3 Å². The van der Waals surface area contributed by atoms with Gasteiger partial charge in [0.25, 0.3) is 0 Å². The van der Waals surface area contributed by atoms with Gasteiger partial charge in [-0.3, -0.25) is 4.99 Å². The standard InChI is InChI=1S/C17H23ClN4O/c1-2-19-17(22-8-6-14(23)11-22)20-7-5-12-10-21-16-4-3-13(18)9-15(12)16/h3-4,9-10,14,21,23H,2,5-8,11H2,1H3,(H,19,20)/t14-/m1/s1. The zero-order valence-corrected chi connectivity index (χ0v) is 14.1. The zero-order valence-electron chi connectivity index (χ0n) is 13.3. The largest absolute Gasteiger partial charge is 0.391 e. The van der Waals surface area contributed by atoms with E-state index < -0.39 is 0 Å². The Bertz CT molecular complexity index is 697. The van der Waals surface area contributed by atoms with Crippen molar-refractivity contribution in [1.29, 1.82) is 0 Å². The number of rotatable bonds is 4. The number of nitrogens with zero attached hydrogens (tertiary/aromatic N) is 2. The Morgan fingerprint density at radius 2 is 2.39 bits per heavy atom. The molecule has 1 aromatic carbocycles. The molecule has 0 amide bonds.